The average Bonchev–Trinajstić information content (AvgIpc) is 2.81. The first-order valence-corrected chi connectivity index (χ1v) is 6.57. The van der Waals surface area contributed by atoms with E-state index in [9.17, 15) is 14.9 Å². The third kappa shape index (κ3) is 3.10. The quantitative estimate of drug-likeness (QED) is 0.693. The van der Waals surface area contributed by atoms with Crippen molar-refractivity contribution < 1.29 is 9.72 Å². The highest BCUT2D eigenvalue weighted by atomic mass is 16.6. The smallest absolute Gasteiger partial charge is 0.287 e. The molecule has 21 heavy (non-hydrogen) atoms. The van der Waals surface area contributed by atoms with Gasteiger partial charge in [-0.15, -0.1) is 0 Å². The zero-order valence-electron chi connectivity index (χ0n) is 12.2. The molecule has 1 amide bonds. The van der Waals surface area contributed by atoms with Crippen molar-refractivity contribution in [1.29, 1.82) is 0 Å². The minimum absolute atomic E-state index is 0.0915. The second kappa shape index (κ2) is 5.78. The van der Waals surface area contributed by atoms with E-state index >= 15 is 0 Å². The van der Waals surface area contributed by atoms with Gasteiger partial charge in [0.1, 0.15) is 5.69 Å². The molecule has 1 N–H and O–H groups in total. The van der Waals surface area contributed by atoms with Crippen molar-refractivity contribution in [2.45, 2.75) is 19.9 Å². The zero-order valence-corrected chi connectivity index (χ0v) is 12.2. The summed E-state index contributed by atoms with van der Waals surface area (Å²) in [7, 11) is 1.61. The molecule has 2 aromatic rings. The fraction of sp³-hybridized carbons (Fsp3) is 0.267. The highest BCUT2D eigenvalue weighted by molar-refractivity contribution is 5.93. The standard InChI is InChI=1S/C15H17N3O3/c1-10-6-4-5-7-13(10)11(2)16-15(19)14-8-12(18(20)21)9-17(14)3/h4-9,11H,1-3H3,(H,16,19). The molecule has 0 aliphatic rings. The van der Waals surface area contributed by atoms with Gasteiger partial charge in [-0.2, -0.15) is 0 Å². The predicted molar refractivity (Wildman–Crippen MR) is 79.1 cm³/mol. The lowest BCUT2D eigenvalue weighted by Gasteiger charge is -2.16. The monoisotopic (exact) mass is 287 g/mol. The van der Waals surface area contributed by atoms with Gasteiger partial charge in [0.05, 0.1) is 17.2 Å². The molecule has 0 bridgehead atoms. The summed E-state index contributed by atoms with van der Waals surface area (Å²) in [4.78, 5) is 22.5. The van der Waals surface area contributed by atoms with Gasteiger partial charge in [-0.05, 0) is 25.0 Å². The third-order valence-corrected chi connectivity index (χ3v) is 3.44. The topological polar surface area (TPSA) is 77.2 Å². The maximum Gasteiger partial charge on any atom is 0.287 e. The van der Waals surface area contributed by atoms with Crippen molar-refractivity contribution in [1.82, 2.24) is 9.88 Å². The molecule has 6 heteroatoms. The number of carbonyl (C=O) groups is 1. The Bertz CT molecular complexity index is 691. The van der Waals surface area contributed by atoms with Crippen LogP contribution in [0.3, 0.4) is 0 Å². The Hall–Kier alpha value is -2.63. The van der Waals surface area contributed by atoms with Gasteiger partial charge in [-0.3, -0.25) is 14.9 Å². The molecular formula is C15H17N3O3. The summed E-state index contributed by atoms with van der Waals surface area (Å²) in [6.45, 7) is 3.86. The molecular weight excluding hydrogens is 270 g/mol. The number of hydrogen-bond donors (Lipinski definition) is 1. The molecule has 0 radical (unpaired) electrons. The Morgan fingerprint density at radius 2 is 2.05 bits per heavy atom. The lowest BCUT2D eigenvalue weighted by molar-refractivity contribution is -0.384. The van der Waals surface area contributed by atoms with Crippen molar-refractivity contribution in [2.24, 2.45) is 7.05 Å². The van der Waals surface area contributed by atoms with E-state index < -0.39 is 4.92 Å². The van der Waals surface area contributed by atoms with Crippen LogP contribution in [0.2, 0.25) is 0 Å². The zero-order chi connectivity index (χ0) is 15.6. The maximum absolute atomic E-state index is 12.2. The van der Waals surface area contributed by atoms with Crippen LogP contribution in [0, 0.1) is 17.0 Å². The average molecular weight is 287 g/mol. The number of rotatable bonds is 4. The largest absolute Gasteiger partial charge is 0.344 e. The van der Waals surface area contributed by atoms with Gasteiger partial charge in [0.25, 0.3) is 11.6 Å². The molecule has 0 saturated heterocycles. The SMILES string of the molecule is Cc1ccccc1C(C)NC(=O)c1cc([N+](=O)[O-])cn1C. The summed E-state index contributed by atoms with van der Waals surface area (Å²) in [5.74, 6) is -0.332. The number of amides is 1. The van der Waals surface area contributed by atoms with Gasteiger partial charge in [0, 0.05) is 13.1 Å². The highest BCUT2D eigenvalue weighted by Crippen LogP contribution is 2.19. The Balaban J connectivity index is 2.18. The Labute approximate surface area is 122 Å². The van der Waals surface area contributed by atoms with Crippen LogP contribution >= 0.6 is 0 Å². The van der Waals surface area contributed by atoms with Gasteiger partial charge in [0.15, 0.2) is 0 Å². The van der Waals surface area contributed by atoms with Crippen molar-refractivity contribution in [3.05, 3.63) is 63.5 Å². The predicted octanol–water partition coefficient (Wildman–Crippen LogP) is 2.73. The van der Waals surface area contributed by atoms with Crippen LogP contribution in [-0.4, -0.2) is 15.4 Å². The number of nitrogens with zero attached hydrogens (tertiary/aromatic N) is 2. The lowest BCUT2D eigenvalue weighted by Crippen LogP contribution is -2.28. The van der Waals surface area contributed by atoms with E-state index in [0.29, 0.717) is 0 Å². The fourth-order valence-corrected chi connectivity index (χ4v) is 2.29. The molecule has 0 aliphatic carbocycles. The van der Waals surface area contributed by atoms with Crippen molar-refractivity contribution in [3.63, 3.8) is 0 Å². The van der Waals surface area contributed by atoms with Crippen LogP contribution in [-0.2, 0) is 7.05 Å². The molecule has 0 aliphatic heterocycles. The van der Waals surface area contributed by atoms with E-state index in [4.69, 9.17) is 0 Å². The summed E-state index contributed by atoms with van der Waals surface area (Å²) in [6.07, 6.45) is 1.33. The molecule has 110 valence electrons. The van der Waals surface area contributed by atoms with E-state index in [1.165, 1.54) is 16.8 Å². The minimum Gasteiger partial charge on any atom is -0.344 e. The number of carbonyl (C=O) groups excluding carboxylic acids is 1. The number of hydrogen-bond acceptors (Lipinski definition) is 3. The second-order valence-electron chi connectivity index (χ2n) is 5.00. The first kappa shape index (κ1) is 14.8. The summed E-state index contributed by atoms with van der Waals surface area (Å²) in [5, 5.41) is 13.6. The van der Waals surface area contributed by atoms with Crippen molar-refractivity contribution in [2.75, 3.05) is 0 Å². The first-order chi connectivity index (χ1) is 9.90. The molecule has 2 rings (SSSR count). The Kier molecular flexibility index (Phi) is 4.07. The fourth-order valence-electron chi connectivity index (χ4n) is 2.29. The molecule has 0 fully saturated rings. The Morgan fingerprint density at radius 3 is 2.62 bits per heavy atom. The lowest BCUT2D eigenvalue weighted by atomic mass is 10.0. The molecule has 1 aromatic carbocycles. The van der Waals surface area contributed by atoms with Crippen molar-refractivity contribution >= 4 is 11.6 Å². The van der Waals surface area contributed by atoms with Gasteiger partial charge in [-0.25, -0.2) is 0 Å². The van der Waals surface area contributed by atoms with Crippen LogP contribution < -0.4 is 5.32 Å². The second-order valence-corrected chi connectivity index (χ2v) is 5.00. The first-order valence-electron chi connectivity index (χ1n) is 6.57. The number of nitrogens with one attached hydrogen (secondary N) is 1. The molecule has 0 saturated carbocycles. The molecule has 6 nitrogen and oxygen atoms in total. The summed E-state index contributed by atoms with van der Waals surface area (Å²) in [6, 6.07) is 8.89. The molecule has 1 heterocycles. The highest BCUT2D eigenvalue weighted by Gasteiger charge is 2.19. The Morgan fingerprint density at radius 1 is 1.38 bits per heavy atom. The van der Waals surface area contributed by atoms with Crippen LogP contribution in [0.25, 0.3) is 0 Å². The number of aromatic nitrogens is 1. The third-order valence-electron chi connectivity index (χ3n) is 3.44. The number of aryl methyl sites for hydroxylation is 2. The number of nitro groups is 1. The molecule has 1 unspecified atom stereocenters. The summed E-state index contributed by atoms with van der Waals surface area (Å²) < 4.78 is 1.46. The van der Waals surface area contributed by atoms with Gasteiger partial charge in [0.2, 0.25) is 0 Å². The minimum atomic E-state index is -0.512. The molecule has 1 atom stereocenters. The van der Waals surface area contributed by atoms with Gasteiger partial charge >= 0.3 is 0 Å². The van der Waals surface area contributed by atoms with Crippen LogP contribution in [0.4, 0.5) is 5.69 Å². The van der Waals surface area contributed by atoms with Gasteiger partial charge < -0.3 is 9.88 Å². The van der Waals surface area contributed by atoms with Crippen LogP contribution in [0.15, 0.2) is 36.5 Å². The van der Waals surface area contributed by atoms with E-state index in [1.807, 2.05) is 38.1 Å². The van der Waals surface area contributed by atoms with Crippen LogP contribution in [0.1, 0.15) is 34.6 Å². The molecule has 1 aromatic heterocycles. The van der Waals surface area contributed by atoms with E-state index in [-0.39, 0.29) is 23.3 Å². The van der Waals surface area contributed by atoms with Gasteiger partial charge in [-0.1, -0.05) is 24.3 Å². The molecule has 0 spiro atoms. The normalized spacial score (nSPS) is 12.0. The number of benzene rings is 1. The van der Waals surface area contributed by atoms with Crippen molar-refractivity contribution in [3.8, 4) is 0 Å². The van der Waals surface area contributed by atoms with E-state index in [1.54, 1.807) is 7.05 Å². The summed E-state index contributed by atoms with van der Waals surface area (Å²) in [5.41, 5.74) is 2.28. The maximum atomic E-state index is 12.2. The van der Waals surface area contributed by atoms with E-state index in [0.717, 1.165) is 11.1 Å². The summed E-state index contributed by atoms with van der Waals surface area (Å²) >= 11 is 0. The van der Waals surface area contributed by atoms with Crippen LogP contribution in [0.5, 0.6) is 0 Å². The van der Waals surface area contributed by atoms with E-state index in [2.05, 4.69) is 5.32 Å².